The van der Waals surface area contributed by atoms with Crippen molar-refractivity contribution in [3.8, 4) is 0 Å². The molecule has 0 radical (unpaired) electrons. The van der Waals surface area contributed by atoms with Gasteiger partial charge in [-0.15, -0.1) is 0 Å². The van der Waals surface area contributed by atoms with Crippen molar-refractivity contribution in [2.45, 2.75) is 89.5 Å². The van der Waals surface area contributed by atoms with Crippen LogP contribution in [0.25, 0.3) is 20.9 Å². The first-order valence-electron chi connectivity index (χ1n) is 10.7. The Morgan fingerprint density at radius 2 is 1.56 bits per heavy atom. The van der Waals surface area contributed by atoms with E-state index in [9.17, 15) is 25.0 Å². The topological polar surface area (TPSA) is 215 Å². The van der Waals surface area contributed by atoms with Gasteiger partial charge in [-0.25, -0.2) is 0 Å². The molecule has 0 aromatic heterocycles. The summed E-state index contributed by atoms with van der Waals surface area (Å²) in [5, 5.41) is 17.5. The Bertz CT molecular complexity index is 859. The fourth-order valence-corrected chi connectivity index (χ4v) is 4.31. The van der Waals surface area contributed by atoms with E-state index in [0.29, 0.717) is 6.42 Å². The van der Waals surface area contributed by atoms with Gasteiger partial charge in [0, 0.05) is 43.1 Å². The van der Waals surface area contributed by atoms with E-state index in [0.717, 1.165) is 13.8 Å². The first kappa shape index (κ1) is 27.2. The first-order chi connectivity index (χ1) is 16.1. The van der Waals surface area contributed by atoms with Crippen LogP contribution in [-0.4, -0.2) is 78.5 Å². The van der Waals surface area contributed by atoms with Crippen LogP contribution in [0.3, 0.4) is 0 Å². The van der Waals surface area contributed by atoms with Crippen LogP contribution < -0.4 is 0 Å². The maximum absolute atomic E-state index is 11.8. The van der Waals surface area contributed by atoms with Gasteiger partial charge in [0.2, 0.25) is 0 Å². The molecule has 0 aromatic carbocycles. The molecule has 15 nitrogen and oxygen atoms in total. The lowest BCUT2D eigenvalue weighted by Gasteiger charge is -2.44. The molecule has 2 fully saturated rings. The average Bonchev–Trinajstić information content (AvgIpc) is 3.04. The fourth-order valence-electron chi connectivity index (χ4n) is 4.31. The van der Waals surface area contributed by atoms with Gasteiger partial charge in [0.15, 0.2) is 12.4 Å². The Balaban J connectivity index is 2.47. The van der Waals surface area contributed by atoms with Crippen molar-refractivity contribution in [3.63, 3.8) is 0 Å². The summed E-state index contributed by atoms with van der Waals surface area (Å²) in [4.78, 5) is 40.7. The van der Waals surface area contributed by atoms with Crippen molar-refractivity contribution in [1.82, 2.24) is 0 Å². The number of rotatable bonds is 9. The smallest absolute Gasteiger partial charge is 0.303 e. The number of ether oxygens (including phenoxy) is 5. The van der Waals surface area contributed by atoms with Gasteiger partial charge in [0.1, 0.15) is 24.4 Å². The minimum Gasteiger partial charge on any atom is -0.458 e. The molecule has 0 aromatic rings. The summed E-state index contributed by atoms with van der Waals surface area (Å²) in [5.74, 6) is -2.74. The summed E-state index contributed by atoms with van der Waals surface area (Å²) in [6, 6.07) is -1.16. The van der Waals surface area contributed by atoms with E-state index in [4.69, 9.17) is 29.2 Å². The van der Waals surface area contributed by atoms with Crippen molar-refractivity contribution in [2.75, 3.05) is 6.54 Å². The molecule has 0 spiro atoms. The molecule has 1 aliphatic carbocycles. The van der Waals surface area contributed by atoms with Crippen LogP contribution in [0.15, 0.2) is 10.2 Å². The molecule has 2 aliphatic rings. The largest absolute Gasteiger partial charge is 0.458 e. The summed E-state index contributed by atoms with van der Waals surface area (Å²) in [6.45, 7) is 5.11. The molecule has 15 heteroatoms. The Morgan fingerprint density at radius 1 is 0.971 bits per heavy atom. The van der Waals surface area contributed by atoms with Gasteiger partial charge >= 0.3 is 17.9 Å². The number of nitrogens with zero attached hydrogens (tertiary/aromatic N) is 6. The van der Waals surface area contributed by atoms with Crippen LogP contribution in [0.4, 0.5) is 0 Å². The highest BCUT2D eigenvalue weighted by Crippen LogP contribution is 2.37. The molecule has 1 saturated heterocycles. The average molecular weight is 484 g/mol. The molecule has 9 atom stereocenters. The van der Waals surface area contributed by atoms with Crippen molar-refractivity contribution < 1.29 is 43.2 Å². The third kappa shape index (κ3) is 6.72. The van der Waals surface area contributed by atoms with Crippen LogP contribution in [0.2, 0.25) is 0 Å². The van der Waals surface area contributed by atoms with Gasteiger partial charge in [0.05, 0.1) is 12.2 Å². The van der Waals surface area contributed by atoms with E-state index < -0.39 is 72.8 Å². The van der Waals surface area contributed by atoms with Gasteiger partial charge in [-0.05, 0) is 23.9 Å². The zero-order valence-corrected chi connectivity index (χ0v) is 19.2. The van der Waals surface area contributed by atoms with Crippen LogP contribution in [0.1, 0.15) is 40.5 Å². The van der Waals surface area contributed by atoms with Gasteiger partial charge in [0.25, 0.3) is 0 Å². The molecule has 34 heavy (non-hydrogen) atoms. The molecule has 0 amide bonds. The molecule has 2 rings (SSSR count). The van der Waals surface area contributed by atoms with Crippen molar-refractivity contribution in [2.24, 2.45) is 16.1 Å². The second kappa shape index (κ2) is 12.4. The molecule has 0 bridgehead atoms. The summed E-state index contributed by atoms with van der Waals surface area (Å²) in [7, 11) is 0. The van der Waals surface area contributed by atoms with E-state index in [1.54, 1.807) is 6.92 Å². The van der Waals surface area contributed by atoms with E-state index >= 15 is 0 Å². The molecule has 1 heterocycles. The Morgan fingerprint density at radius 3 is 2.09 bits per heavy atom. The highest BCUT2D eigenvalue weighted by molar-refractivity contribution is 5.67. The maximum Gasteiger partial charge on any atom is 0.303 e. The predicted molar refractivity (Wildman–Crippen MR) is 112 cm³/mol. The molecular weight excluding hydrogens is 456 g/mol. The number of hydrogen-bond acceptors (Lipinski definition) is 11. The Hall–Kier alpha value is -3.09. The number of aliphatic hydroxyl groups excluding tert-OH is 1. The first-order valence-corrected chi connectivity index (χ1v) is 10.7. The van der Waals surface area contributed by atoms with Crippen LogP contribution in [0, 0.1) is 5.92 Å². The van der Waals surface area contributed by atoms with Crippen LogP contribution in [0.5, 0.6) is 0 Å². The summed E-state index contributed by atoms with van der Waals surface area (Å²) in [5.41, 5.74) is 18.0. The Labute approximate surface area is 194 Å². The van der Waals surface area contributed by atoms with Gasteiger partial charge < -0.3 is 28.8 Å². The highest BCUT2D eigenvalue weighted by Gasteiger charge is 2.53. The molecule has 1 N–H and O–H groups in total. The van der Waals surface area contributed by atoms with E-state index in [2.05, 4.69) is 20.1 Å². The van der Waals surface area contributed by atoms with Crippen molar-refractivity contribution in [1.29, 1.82) is 0 Å². The fraction of sp³-hybridized carbons (Fsp3) is 0.842. The predicted octanol–water partition coefficient (Wildman–Crippen LogP) is 1.67. The zero-order valence-electron chi connectivity index (χ0n) is 19.2. The number of hydrogen-bond donors (Lipinski definition) is 1. The maximum atomic E-state index is 11.8. The Kier molecular flexibility index (Phi) is 9.90. The standard InChI is InChI=1S/C19H28N6O9/c1-5-12-16(18(19(29)34-12)32-10(4)28)33-13-6-11(7-22-24-20)15(30-8(2)26)17(31-9(3)27)14(13)23-25-21/h11-19,29H,5-7H2,1-4H3/t11-,12+,13-,14-,15+,16+,17+,18+,19?/m0/s1. The number of azide groups is 2. The monoisotopic (exact) mass is 484 g/mol. The SMILES string of the molecule is CC[C@H]1OC(O)[C@H](OC(C)=O)[C@@H]1O[C@H]1C[C@@H](CN=[N+]=[N-])[C@@H](OC(C)=O)[C@H](OC(C)=O)[C@H]1N=[N+]=[N-]. The lowest BCUT2D eigenvalue weighted by atomic mass is 9.79. The second-order valence-electron chi connectivity index (χ2n) is 7.94. The normalized spacial score (nSPS) is 34.8. The molecule has 188 valence electrons. The number of esters is 3. The lowest BCUT2D eigenvalue weighted by molar-refractivity contribution is -0.195. The summed E-state index contributed by atoms with van der Waals surface area (Å²) in [6.07, 6.45) is -7.07. The minimum atomic E-state index is -1.45. The number of aliphatic hydroxyl groups is 1. The van der Waals surface area contributed by atoms with Crippen LogP contribution in [-0.2, 0) is 38.1 Å². The lowest BCUT2D eigenvalue weighted by Crippen LogP contribution is -2.58. The summed E-state index contributed by atoms with van der Waals surface area (Å²) >= 11 is 0. The number of carbonyl (C=O) groups is 3. The van der Waals surface area contributed by atoms with Crippen molar-refractivity contribution >= 4 is 17.9 Å². The number of carbonyl (C=O) groups excluding carboxylic acids is 3. The summed E-state index contributed by atoms with van der Waals surface area (Å²) < 4.78 is 27.6. The van der Waals surface area contributed by atoms with E-state index in [1.165, 1.54) is 6.92 Å². The zero-order chi connectivity index (χ0) is 25.4. The third-order valence-electron chi connectivity index (χ3n) is 5.53. The van der Waals surface area contributed by atoms with Crippen LogP contribution >= 0.6 is 0 Å². The minimum absolute atomic E-state index is 0.0637. The molecule has 1 aliphatic heterocycles. The second-order valence-corrected chi connectivity index (χ2v) is 7.94. The van der Waals surface area contributed by atoms with Gasteiger partial charge in [-0.3, -0.25) is 14.4 Å². The molecule has 1 saturated carbocycles. The third-order valence-corrected chi connectivity index (χ3v) is 5.53. The van der Waals surface area contributed by atoms with E-state index in [-0.39, 0.29) is 13.0 Å². The van der Waals surface area contributed by atoms with Gasteiger partial charge in [-0.2, -0.15) is 0 Å². The molecule has 1 unspecified atom stereocenters. The highest BCUT2D eigenvalue weighted by atomic mass is 16.7. The quantitative estimate of drug-likeness (QED) is 0.165. The van der Waals surface area contributed by atoms with E-state index in [1.807, 2.05) is 0 Å². The molecular formula is C19H28N6O9. The van der Waals surface area contributed by atoms with Crippen molar-refractivity contribution in [3.05, 3.63) is 20.9 Å². The van der Waals surface area contributed by atoms with Gasteiger partial charge in [-0.1, -0.05) is 17.2 Å².